The van der Waals surface area contributed by atoms with Crippen molar-refractivity contribution in [3.05, 3.63) is 78.3 Å². The molecule has 1 aliphatic rings. The van der Waals surface area contributed by atoms with Gasteiger partial charge in [-0.1, -0.05) is 48.5 Å². The van der Waals surface area contributed by atoms with Gasteiger partial charge in [-0.05, 0) is 30.7 Å². The van der Waals surface area contributed by atoms with Crippen LogP contribution in [0.4, 0.5) is 0 Å². The Morgan fingerprint density at radius 2 is 1.67 bits per heavy atom. The van der Waals surface area contributed by atoms with E-state index in [9.17, 15) is 8.42 Å². The number of nitrogens with one attached hydrogen (secondary N) is 1. The molecule has 7 heteroatoms. The first-order valence-corrected chi connectivity index (χ1v) is 11.6. The summed E-state index contributed by atoms with van der Waals surface area (Å²) in [6.45, 7) is 4.82. The first-order valence-electron chi connectivity index (χ1n) is 10.1. The van der Waals surface area contributed by atoms with Gasteiger partial charge in [0.2, 0.25) is 10.0 Å². The van der Waals surface area contributed by atoms with Crippen LogP contribution in [0.25, 0.3) is 11.1 Å². The Bertz CT molecular complexity index is 1070. The lowest BCUT2D eigenvalue weighted by atomic mass is 10.1. The third-order valence-electron chi connectivity index (χ3n) is 5.30. The van der Waals surface area contributed by atoms with Gasteiger partial charge in [0, 0.05) is 25.2 Å². The molecule has 1 saturated heterocycles. The number of rotatable bonds is 7. The molecule has 1 atom stereocenters. The SMILES string of the molecule is Cc1ccc(C(CNS(=O)(=O)c2ccccc2-c2ccccc2)N2CCOCC2)o1. The summed E-state index contributed by atoms with van der Waals surface area (Å²) in [7, 11) is -3.72. The van der Waals surface area contributed by atoms with Gasteiger partial charge in [0.05, 0.1) is 24.2 Å². The Kier molecular flexibility index (Phi) is 6.34. The van der Waals surface area contributed by atoms with Crippen molar-refractivity contribution in [2.24, 2.45) is 0 Å². The number of benzene rings is 2. The molecule has 1 aromatic heterocycles. The van der Waals surface area contributed by atoms with Crippen LogP contribution in [0.2, 0.25) is 0 Å². The molecule has 0 radical (unpaired) electrons. The van der Waals surface area contributed by atoms with Crippen molar-refractivity contribution in [1.29, 1.82) is 0 Å². The highest BCUT2D eigenvalue weighted by molar-refractivity contribution is 7.89. The Labute approximate surface area is 177 Å². The molecule has 0 spiro atoms. The van der Waals surface area contributed by atoms with Gasteiger partial charge in [0.1, 0.15) is 11.5 Å². The molecule has 0 amide bonds. The Balaban J connectivity index is 1.59. The number of sulfonamides is 1. The van der Waals surface area contributed by atoms with Crippen molar-refractivity contribution in [2.75, 3.05) is 32.8 Å². The summed E-state index contributed by atoms with van der Waals surface area (Å²) in [5.74, 6) is 1.56. The van der Waals surface area contributed by atoms with Gasteiger partial charge >= 0.3 is 0 Å². The zero-order chi connectivity index (χ0) is 21.0. The quantitative estimate of drug-likeness (QED) is 0.625. The van der Waals surface area contributed by atoms with E-state index in [-0.39, 0.29) is 17.5 Å². The largest absolute Gasteiger partial charge is 0.465 e. The zero-order valence-corrected chi connectivity index (χ0v) is 17.8. The molecule has 158 valence electrons. The average molecular weight is 427 g/mol. The number of aryl methyl sites for hydroxylation is 1. The predicted molar refractivity (Wildman–Crippen MR) is 116 cm³/mol. The minimum absolute atomic E-state index is 0.193. The second kappa shape index (κ2) is 9.14. The fourth-order valence-corrected chi connectivity index (χ4v) is 5.02. The zero-order valence-electron chi connectivity index (χ0n) is 17.0. The number of nitrogens with zero attached hydrogens (tertiary/aromatic N) is 1. The van der Waals surface area contributed by atoms with E-state index < -0.39 is 10.0 Å². The van der Waals surface area contributed by atoms with E-state index in [0.717, 1.165) is 30.2 Å². The summed E-state index contributed by atoms with van der Waals surface area (Å²) >= 11 is 0. The maximum absolute atomic E-state index is 13.3. The lowest BCUT2D eigenvalue weighted by molar-refractivity contribution is 0.0127. The summed E-state index contributed by atoms with van der Waals surface area (Å²) < 4.78 is 40.7. The molecule has 1 aliphatic heterocycles. The summed E-state index contributed by atoms with van der Waals surface area (Å²) in [6, 6.07) is 20.2. The van der Waals surface area contributed by atoms with E-state index in [0.29, 0.717) is 18.8 Å². The number of hydrogen-bond donors (Lipinski definition) is 1. The fourth-order valence-electron chi connectivity index (χ4n) is 3.75. The predicted octanol–water partition coefficient (Wildman–Crippen LogP) is 3.61. The summed E-state index contributed by atoms with van der Waals surface area (Å²) in [6.07, 6.45) is 0. The highest BCUT2D eigenvalue weighted by atomic mass is 32.2. The average Bonchev–Trinajstić information content (AvgIpc) is 3.21. The Morgan fingerprint density at radius 1 is 0.967 bits per heavy atom. The van der Waals surface area contributed by atoms with Gasteiger partial charge in [0.25, 0.3) is 0 Å². The summed E-state index contributed by atoms with van der Waals surface area (Å²) in [5, 5.41) is 0. The molecule has 3 aromatic rings. The minimum atomic E-state index is -3.72. The van der Waals surface area contributed by atoms with E-state index in [1.807, 2.05) is 61.5 Å². The topological polar surface area (TPSA) is 71.8 Å². The molecule has 1 N–H and O–H groups in total. The van der Waals surface area contributed by atoms with Crippen molar-refractivity contribution in [1.82, 2.24) is 9.62 Å². The second-order valence-electron chi connectivity index (χ2n) is 7.33. The van der Waals surface area contributed by atoms with Crippen molar-refractivity contribution in [3.63, 3.8) is 0 Å². The normalized spacial score (nSPS) is 16.4. The fraction of sp³-hybridized carbons (Fsp3) is 0.304. The number of ether oxygens (including phenoxy) is 1. The van der Waals surface area contributed by atoms with Crippen LogP contribution < -0.4 is 4.72 Å². The molecule has 30 heavy (non-hydrogen) atoms. The van der Waals surface area contributed by atoms with Crippen molar-refractivity contribution in [2.45, 2.75) is 17.9 Å². The van der Waals surface area contributed by atoms with E-state index in [4.69, 9.17) is 9.15 Å². The van der Waals surface area contributed by atoms with Gasteiger partial charge in [-0.3, -0.25) is 4.90 Å². The highest BCUT2D eigenvalue weighted by Crippen LogP contribution is 2.28. The molecular formula is C23H26N2O4S. The Hall–Kier alpha value is -2.45. The van der Waals surface area contributed by atoms with Crippen molar-refractivity contribution in [3.8, 4) is 11.1 Å². The number of morpholine rings is 1. The molecule has 0 bridgehead atoms. The van der Waals surface area contributed by atoms with Gasteiger partial charge in [0.15, 0.2) is 0 Å². The molecule has 4 rings (SSSR count). The van der Waals surface area contributed by atoms with E-state index in [1.165, 1.54) is 0 Å². The lowest BCUT2D eigenvalue weighted by Crippen LogP contribution is -2.43. The van der Waals surface area contributed by atoms with Crippen LogP contribution in [0.3, 0.4) is 0 Å². The molecule has 1 fully saturated rings. The third-order valence-corrected chi connectivity index (χ3v) is 6.79. The summed E-state index contributed by atoms with van der Waals surface area (Å²) in [4.78, 5) is 2.47. The number of hydrogen-bond acceptors (Lipinski definition) is 5. The first-order chi connectivity index (χ1) is 14.5. The van der Waals surface area contributed by atoms with E-state index >= 15 is 0 Å². The Morgan fingerprint density at radius 3 is 2.37 bits per heavy atom. The lowest BCUT2D eigenvalue weighted by Gasteiger charge is -2.33. The van der Waals surface area contributed by atoms with E-state index in [2.05, 4.69) is 9.62 Å². The van der Waals surface area contributed by atoms with Crippen LogP contribution in [0.1, 0.15) is 17.6 Å². The first kappa shape index (κ1) is 20.8. The maximum atomic E-state index is 13.3. The van der Waals surface area contributed by atoms with Crippen LogP contribution in [0.5, 0.6) is 0 Å². The van der Waals surface area contributed by atoms with Crippen molar-refractivity contribution >= 4 is 10.0 Å². The van der Waals surface area contributed by atoms with Crippen LogP contribution in [-0.4, -0.2) is 46.2 Å². The number of furan rings is 1. The minimum Gasteiger partial charge on any atom is -0.465 e. The maximum Gasteiger partial charge on any atom is 0.241 e. The van der Waals surface area contributed by atoms with Gasteiger partial charge < -0.3 is 9.15 Å². The molecule has 0 saturated carbocycles. The molecule has 6 nitrogen and oxygen atoms in total. The smallest absolute Gasteiger partial charge is 0.241 e. The third kappa shape index (κ3) is 4.65. The van der Waals surface area contributed by atoms with Gasteiger partial charge in [-0.15, -0.1) is 0 Å². The highest BCUT2D eigenvalue weighted by Gasteiger charge is 2.28. The van der Waals surface area contributed by atoms with Gasteiger partial charge in [-0.25, -0.2) is 13.1 Å². The summed E-state index contributed by atoms with van der Waals surface area (Å²) in [5.41, 5.74) is 1.55. The van der Waals surface area contributed by atoms with Gasteiger partial charge in [-0.2, -0.15) is 0 Å². The van der Waals surface area contributed by atoms with E-state index in [1.54, 1.807) is 12.1 Å². The standard InChI is InChI=1S/C23H26N2O4S/c1-18-11-12-22(29-18)21(25-13-15-28-16-14-25)17-24-30(26,27)23-10-6-5-9-20(23)19-7-3-2-4-8-19/h2-12,21,24H,13-17H2,1H3. The second-order valence-corrected chi connectivity index (χ2v) is 9.06. The molecular weight excluding hydrogens is 400 g/mol. The molecule has 0 aliphatic carbocycles. The molecule has 2 heterocycles. The van der Waals surface area contributed by atoms with Crippen molar-refractivity contribution < 1.29 is 17.6 Å². The molecule has 1 unspecified atom stereocenters. The van der Waals surface area contributed by atoms with Crippen LogP contribution in [-0.2, 0) is 14.8 Å². The van der Waals surface area contributed by atoms with Crippen LogP contribution >= 0.6 is 0 Å². The van der Waals surface area contributed by atoms with Crippen LogP contribution in [0.15, 0.2) is 76.0 Å². The monoisotopic (exact) mass is 426 g/mol. The van der Waals surface area contributed by atoms with Crippen LogP contribution in [0, 0.1) is 6.92 Å². The molecule has 2 aromatic carbocycles.